The van der Waals surface area contributed by atoms with Crippen molar-refractivity contribution in [2.75, 3.05) is 25.6 Å². The zero-order chi connectivity index (χ0) is 21.3. The van der Waals surface area contributed by atoms with Crippen LogP contribution in [0.15, 0.2) is 78.9 Å². The molecule has 0 amide bonds. The Hall–Kier alpha value is -3.60. The van der Waals surface area contributed by atoms with Gasteiger partial charge in [0.1, 0.15) is 18.0 Å². The lowest BCUT2D eigenvalue weighted by molar-refractivity contribution is -0.496. The molecule has 0 N–H and O–H groups in total. The number of methoxy groups -OCH3 is 1. The largest absolute Gasteiger partial charge is 0.545 e. The number of aliphatic carboxylic acids is 1. The van der Waals surface area contributed by atoms with Crippen molar-refractivity contribution in [3.63, 3.8) is 0 Å². The maximum absolute atomic E-state index is 12.8. The number of likely N-dealkylation sites (N-methyl/N-ethyl adjacent to an activating group) is 1. The number of carbonyl (C=O) groups excluding carboxylic acids is 1. The molecule has 5 nitrogen and oxygen atoms in total. The lowest BCUT2D eigenvalue weighted by Gasteiger charge is -2.34. The van der Waals surface area contributed by atoms with E-state index in [0.29, 0.717) is 11.3 Å². The van der Waals surface area contributed by atoms with Gasteiger partial charge in [0, 0.05) is 5.56 Å². The summed E-state index contributed by atoms with van der Waals surface area (Å²) in [6.45, 7) is 2.28. The number of para-hydroxylation sites is 1. The SMILES string of the molecule is COc1ccc(C2(C(=O)[O-])C[N+](C)=C(c3ccc(C)cc3)N2c2ccccc2)cc1. The van der Waals surface area contributed by atoms with Crippen LogP contribution in [0, 0.1) is 6.92 Å². The summed E-state index contributed by atoms with van der Waals surface area (Å²) in [5.74, 6) is 0.347. The maximum Gasteiger partial charge on any atom is 0.285 e. The van der Waals surface area contributed by atoms with Gasteiger partial charge in [-0.2, -0.15) is 0 Å². The standard InChI is InChI=1S/C25H24N2O3/c1-18-9-11-19(12-10-18)23-26(2)17-25(24(28)29,20-13-15-22(30-3)16-14-20)27(23)21-7-5-4-6-8-21/h4-16H,17H2,1-3H3. The highest BCUT2D eigenvalue weighted by Gasteiger charge is 2.56. The Morgan fingerprint density at radius 2 is 1.63 bits per heavy atom. The van der Waals surface area contributed by atoms with Gasteiger partial charge in [-0.1, -0.05) is 48.0 Å². The summed E-state index contributed by atoms with van der Waals surface area (Å²) in [7, 11) is 3.51. The Bertz CT molecular complexity index is 1090. The fourth-order valence-electron chi connectivity index (χ4n) is 4.17. The molecule has 0 radical (unpaired) electrons. The maximum atomic E-state index is 12.8. The van der Waals surface area contributed by atoms with E-state index in [0.717, 1.165) is 22.6 Å². The second kappa shape index (κ2) is 7.67. The van der Waals surface area contributed by atoms with Crippen LogP contribution in [0.1, 0.15) is 16.7 Å². The van der Waals surface area contributed by atoms with Crippen molar-refractivity contribution in [2.45, 2.75) is 12.5 Å². The van der Waals surface area contributed by atoms with Gasteiger partial charge in [-0.15, -0.1) is 0 Å². The Balaban J connectivity index is 1.96. The molecule has 1 aliphatic heterocycles. The van der Waals surface area contributed by atoms with Gasteiger partial charge in [0.2, 0.25) is 5.54 Å². The van der Waals surface area contributed by atoms with Crippen molar-refractivity contribution < 1.29 is 19.2 Å². The molecule has 0 spiro atoms. The fraction of sp³-hybridized carbons (Fsp3) is 0.200. The van der Waals surface area contributed by atoms with Gasteiger partial charge in [0.05, 0.1) is 25.7 Å². The van der Waals surface area contributed by atoms with Crippen molar-refractivity contribution in [2.24, 2.45) is 0 Å². The fourth-order valence-corrected chi connectivity index (χ4v) is 4.17. The highest BCUT2D eigenvalue weighted by molar-refractivity contribution is 6.12. The molecule has 0 bridgehead atoms. The van der Waals surface area contributed by atoms with Crippen LogP contribution in [0.4, 0.5) is 5.69 Å². The van der Waals surface area contributed by atoms with E-state index in [1.165, 1.54) is 0 Å². The van der Waals surface area contributed by atoms with E-state index >= 15 is 0 Å². The molecule has 1 unspecified atom stereocenters. The van der Waals surface area contributed by atoms with Crippen LogP contribution >= 0.6 is 0 Å². The van der Waals surface area contributed by atoms with Gasteiger partial charge in [0.15, 0.2) is 0 Å². The highest BCUT2D eigenvalue weighted by Crippen LogP contribution is 2.39. The van der Waals surface area contributed by atoms with Gasteiger partial charge >= 0.3 is 0 Å². The summed E-state index contributed by atoms with van der Waals surface area (Å²) < 4.78 is 7.25. The molecule has 0 saturated carbocycles. The van der Waals surface area contributed by atoms with Gasteiger partial charge in [-0.3, -0.25) is 4.58 Å². The molecule has 152 valence electrons. The quantitative estimate of drug-likeness (QED) is 0.618. The molecule has 3 aromatic rings. The third-order valence-corrected chi connectivity index (χ3v) is 5.65. The van der Waals surface area contributed by atoms with Gasteiger partial charge in [-0.25, -0.2) is 4.90 Å². The molecule has 3 aromatic carbocycles. The molecule has 1 heterocycles. The average Bonchev–Trinajstić information content (AvgIpc) is 3.09. The van der Waals surface area contributed by atoms with Crippen LogP contribution in [0.25, 0.3) is 0 Å². The van der Waals surface area contributed by atoms with Gasteiger partial charge in [-0.05, 0) is 43.3 Å². The van der Waals surface area contributed by atoms with E-state index < -0.39 is 11.5 Å². The Labute approximate surface area is 176 Å². The van der Waals surface area contributed by atoms with Crippen LogP contribution in [-0.4, -0.2) is 37.1 Å². The number of hydrogen-bond donors (Lipinski definition) is 0. The molecule has 4 rings (SSSR count). The number of aryl methyl sites for hydroxylation is 1. The molecule has 0 saturated heterocycles. The van der Waals surface area contributed by atoms with Crippen molar-refractivity contribution >= 4 is 17.5 Å². The first-order chi connectivity index (χ1) is 14.5. The van der Waals surface area contributed by atoms with Gasteiger partial charge < -0.3 is 14.6 Å². The minimum atomic E-state index is -1.39. The monoisotopic (exact) mass is 400 g/mol. The van der Waals surface area contributed by atoms with E-state index in [4.69, 9.17) is 4.74 Å². The lowest BCUT2D eigenvalue weighted by Crippen LogP contribution is -2.58. The first-order valence-corrected chi connectivity index (χ1v) is 9.84. The van der Waals surface area contributed by atoms with E-state index in [2.05, 4.69) is 0 Å². The predicted octanol–water partition coefficient (Wildman–Crippen LogP) is 2.56. The summed E-state index contributed by atoms with van der Waals surface area (Å²) in [4.78, 5) is 14.7. The normalized spacial score (nSPS) is 18.6. The summed E-state index contributed by atoms with van der Waals surface area (Å²) in [6.07, 6.45) is 0. The smallest absolute Gasteiger partial charge is 0.285 e. The van der Waals surface area contributed by atoms with Crippen LogP contribution in [0.5, 0.6) is 5.75 Å². The molecular formula is C25H24N2O3. The summed E-state index contributed by atoms with van der Waals surface area (Å²) >= 11 is 0. The van der Waals surface area contributed by atoms with Crippen LogP contribution in [0.2, 0.25) is 0 Å². The number of anilines is 1. The summed E-state index contributed by atoms with van der Waals surface area (Å²) in [5.41, 5.74) is 2.14. The van der Waals surface area contributed by atoms with Crippen LogP contribution in [-0.2, 0) is 10.3 Å². The first kappa shape index (κ1) is 19.7. The Kier molecular flexibility index (Phi) is 5.04. The number of ether oxygens (including phenoxy) is 1. The Morgan fingerprint density at radius 3 is 2.20 bits per heavy atom. The van der Waals surface area contributed by atoms with E-state index in [-0.39, 0.29) is 6.54 Å². The van der Waals surface area contributed by atoms with Gasteiger partial charge in [0.25, 0.3) is 5.84 Å². The zero-order valence-electron chi connectivity index (χ0n) is 17.3. The second-order valence-corrected chi connectivity index (χ2v) is 7.59. The molecular weight excluding hydrogens is 376 g/mol. The molecule has 0 aromatic heterocycles. The number of carbonyl (C=O) groups is 1. The van der Waals surface area contributed by atoms with Crippen molar-refractivity contribution in [1.29, 1.82) is 0 Å². The number of carboxylic acids is 1. The summed E-state index contributed by atoms with van der Waals surface area (Å²) in [5, 5.41) is 12.8. The predicted molar refractivity (Wildman–Crippen MR) is 115 cm³/mol. The van der Waals surface area contributed by atoms with Crippen LogP contribution in [0.3, 0.4) is 0 Å². The Morgan fingerprint density at radius 1 is 1.00 bits per heavy atom. The third kappa shape index (κ3) is 3.12. The molecule has 1 atom stereocenters. The number of hydrogen-bond acceptors (Lipinski definition) is 4. The van der Waals surface area contributed by atoms with E-state index in [9.17, 15) is 9.90 Å². The topological polar surface area (TPSA) is 55.6 Å². The molecule has 1 aliphatic rings. The van der Waals surface area contributed by atoms with E-state index in [1.807, 2.05) is 78.0 Å². The third-order valence-electron chi connectivity index (χ3n) is 5.65. The highest BCUT2D eigenvalue weighted by atomic mass is 16.5. The number of amidine groups is 1. The molecule has 0 fully saturated rings. The molecule has 5 heteroatoms. The van der Waals surface area contributed by atoms with Crippen molar-refractivity contribution in [1.82, 2.24) is 0 Å². The minimum Gasteiger partial charge on any atom is -0.545 e. The van der Waals surface area contributed by atoms with Crippen molar-refractivity contribution in [3.05, 3.63) is 95.6 Å². The number of rotatable bonds is 5. The van der Waals surface area contributed by atoms with Crippen LogP contribution < -0.4 is 14.7 Å². The lowest BCUT2D eigenvalue weighted by atomic mass is 9.87. The minimum absolute atomic E-state index is 0.250. The number of carboxylic acid groups (broad SMARTS) is 1. The molecule has 30 heavy (non-hydrogen) atoms. The first-order valence-electron chi connectivity index (χ1n) is 9.84. The zero-order valence-corrected chi connectivity index (χ0v) is 17.3. The van der Waals surface area contributed by atoms with Crippen molar-refractivity contribution in [3.8, 4) is 5.75 Å². The van der Waals surface area contributed by atoms with E-state index in [1.54, 1.807) is 31.4 Å². The number of benzene rings is 3. The number of nitrogens with zero attached hydrogens (tertiary/aromatic N) is 2. The second-order valence-electron chi connectivity index (χ2n) is 7.59. The average molecular weight is 400 g/mol. The summed E-state index contributed by atoms with van der Waals surface area (Å²) in [6, 6.07) is 24.9. The molecule has 0 aliphatic carbocycles.